The maximum Gasteiger partial charge on any atom is 0.113 e. The number of para-hydroxylation sites is 1. The van der Waals surface area contributed by atoms with E-state index < -0.39 is 0 Å². The van der Waals surface area contributed by atoms with Crippen LogP contribution in [0.2, 0.25) is 0 Å². The highest BCUT2D eigenvalue weighted by Crippen LogP contribution is 2.24. The van der Waals surface area contributed by atoms with Gasteiger partial charge in [-0.05, 0) is 31.2 Å². The van der Waals surface area contributed by atoms with E-state index in [9.17, 15) is 0 Å². The van der Waals surface area contributed by atoms with E-state index in [1.165, 1.54) is 16.0 Å². The number of hydrogen-bond acceptors (Lipinski definition) is 3. The van der Waals surface area contributed by atoms with Crippen molar-refractivity contribution in [2.75, 3.05) is 11.9 Å². The fraction of sp³-hybridized carbons (Fsp3) is 0.188. The molecule has 0 fully saturated rings. The summed E-state index contributed by atoms with van der Waals surface area (Å²) in [5.41, 5.74) is 3.61. The first-order valence-corrected chi connectivity index (χ1v) is 7.16. The number of benzene rings is 2. The summed E-state index contributed by atoms with van der Waals surface area (Å²) in [7, 11) is 2.11. The number of thiazole rings is 1. The summed E-state index contributed by atoms with van der Waals surface area (Å²) in [5.74, 6) is 0. The van der Waals surface area contributed by atoms with E-state index in [0.29, 0.717) is 0 Å². The summed E-state index contributed by atoms with van der Waals surface area (Å²) in [6.07, 6.45) is 0. The molecule has 3 rings (SSSR count). The molecule has 2 nitrogen and oxygen atoms in total. The zero-order chi connectivity index (χ0) is 13.2. The average Bonchev–Trinajstić information content (AvgIpc) is 2.81. The monoisotopic (exact) mass is 268 g/mol. The standard InChI is InChI=1S/C16H16N2S/c1-12-7-9-13(10-8-12)18(2)11-16-17-14-5-3-4-6-15(14)19-16/h3-10H,11H2,1-2H3. The summed E-state index contributed by atoms with van der Waals surface area (Å²) < 4.78 is 1.26. The minimum Gasteiger partial charge on any atom is -0.368 e. The smallest absolute Gasteiger partial charge is 0.113 e. The van der Waals surface area contributed by atoms with E-state index in [1.54, 1.807) is 11.3 Å². The van der Waals surface area contributed by atoms with Gasteiger partial charge in [-0.25, -0.2) is 4.98 Å². The first kappa shape index (κ1) is 12.2. The molecular weight excluding hydrogens is 252 g/mol. The molecule has 0 saturated carbocycles. The van der Waals surface area contributed by atoms with E-state index in [0.717, 1.165) is 17.1 Å². The van der Waals surface area contributed by atoms with E-state index in [-0.39, 0.29) is 0 Å². The summed E-state index contributed by atoms with van der Waals surface area (Å²) in [4.78, 5) is 6.91. The second-order valence-electron chi connectivity index (χ2n) is 4.77. The van der Waals surface area contributed by atoms with Crippen LogP contribution in [0.15, 0.2) is 48.5 Å². The van der Waals surface area contributed by atoms with Crippen LogP contribution in [0.5, 0.6) is 0 Å². The van der Waals surface area contributed by atoms with Crippen LogP contribution in [0, 0.1) is 6.92 Å². The highest BCUT2D eigenvalue weighted by atomic mass is 32.1. The van der Waals surface area contributed by atoms with E-state index in [1.807, 2.05) is 6.07 Å². The third-order valence-corrected chi connectivity index (χ3v) is 4.21. The van der Waals surface area contributed by atoms with Crippen molar-refractivity contribution in [3.8, 4) is 0 Å². The van der Waals surface area contributed by atoms with Gasteiger partial charge in [0.1, 0.15) is 5.01 Å². The van der Waals surface area contributed by atoms with Crippen molar-refractivity contribution in [2.45, 2.75) is 13.5 Å². The van der Waals surface area contributed by atoms with Gasteiger partial charge in [-0.1, -0.05) is 29.8 Å². The summed E-state index contributed by atoms with van der Waals surface area (Å²) in [5, 5.41) is 1.16. The normalized spacial score (nSPS) is 10.8. The van der Waals surface area contributed by atoms with Gasteiger partial charge in [0, 0.05) is 12.7 Å². The predicted octanol–water partition coefficient (Wildman–Crippen LogP) is 4.24. The Morgan fingerprint density at radius 3 is 2.53 bits per heavy atom. The van der Waals surface area contributed by atoms with Crippen LogP contribution >= 0.6 is 11.3 Å². The molecule has 0 unspecified atom stereocenters. The van der Waals surface area contributed by atoms with Crippen LogP contribution in [0.3, 0.4) is 0 Å². The Morgan fingerprint density at radius 1 is 1.05 bits per heavy atom. The highest BCUT2D eigenvalue weighted by molar-refractivity contribution is 7.18. The minimum absolute atomic E-state index is 0.850. The zero-order valence-electron chi connectivity index (χ0n) is 11.1. The molecule has 3 heteroatoms. The van der Waals surface area contributed by atoms with Crippen molar-refractivity contribution < 1.29 is 0 Å². The van der Waals surface area contributed by atoms with E-state index in [2.05, 4.69) is 66.3 Å². The molecule has 3 aromatic rings. The maximum absolute atomic E-state index is 4.67. The third kappa shape index (κ3) is 2.61. The van der Waals surface area contributed by atoms with Crippen LogP contribution in [0.4, 0.5) is 5.69 Å². The Morgan fingerprint density at radius 2 is 1.79 bits per heavy atom. The van der Waals surface area contributed by atoms with Gasteiger partial charge in [0.2, 0.25) is 0 Å². The van der Waals surface area contributed by atoms with Gasteiger partial charge in [0.05, 0.1) is 16.8 Å². The number of anilines is 1. The Labute approximate surface area is 117 Å². The average molecular weight is 268 g/mol. The first-order chi connectivity index (χ1) is 9.22. The molecule has 0 aliphatic rings. The lowest BCUT2D eigenvalue weighted by Crippen LogP contribution is -2.15. The van der Waals surface area contributed by atoms with Gasteiger partial charge < -0.3 is 4.90 Å². The van der Waals surface area contributed by atoms with E-state index >= 15 is 0 Å². The lowest BCUT2D eigenvalue weighted by atomic mass is 10.2. The van der Waals surface area contributed by atoms with Crippen LogP contribution in [0.25, 0.3) is 10.2 Å². The number of nitrogens with zero attached hydrogens (tertiary/aromatic N) is 2. The van der Waals surface area contributed by atoms with Crippen LogP contribution < -0.4 is 4.90 Å². The quantitative estimate of drug-likeness (QED) is 0.706. The molecule has 0 N–H and O–H groups in total. The second-order valence-corrected chi connectivity index (χ2v) is 5.88. The first-order valence-electron chi connectivity index (χ1n) is 6.34. The lowest BCUT2D eigenvalue weighted by Gasteiger charge is -2.17. The van der Waals surface area contributed by atoms with Gasteiger partial charge in [-0.15, -0.1) is 11.3 Å². The van der Waals surface area contributed by atoms with Crippen molar-refractivity contribution in [1.29, 1.82) is 0 Å². The maximum atomic E-state index is 4.67. The summed E-state index contributed by atoms with van der Waals surface area (Å²) in [6, 6.07) is 16.9. The SMILES string of the molecule is Cc1ccc(N(C)Cc2nc3ccccc3s2)cc1. The van der Waals surface area contributed by atoms with Gasteiger partial charge in [0.25, 0.3) is 0 Å². The van der Waals surface area contributed by atoms with Crippen LogP contribution in [-0.2, 0) is 6.54 Å². The van der Waals surface area contributed by atoms with Crippen LogP contribution in [-0.4, -0.2) is 12.0 Å². The number of fused-ring (bicyclic) bond motifs is 1. The molecule has 0 radical (unpaired) electrons. The van der Waals surface area contributed by atoms with Gasteiger partial charge in [-0.2, -0.15) is 0 Å². The molecule has 0 aliphatic heterocycles. The predicted molar refractivity (Wildman–Crippen MR) is 82.9 cm³/mol. The molecule has 0 saturated heterocycles. The van der Waals surface area contributed by atoms with Gasteiger partial charge >= 0.3 is 0 Å². The molecule has 0 bridgehead atoms. The Bertz CT molecular complexity index is 652. The minimum atomic E-state index is 0.850. The summed E-state index contributed by atoms with van der Waals surface area (Å²) >= 11 is 1.77. The van der Waals surface area contributed by atoms with Gasteiger partial charge in [0.15, 0.2) is 0 Å². The Kier molecular flexibility index (Phi) is 3.22. The molecule has 1 aromatic heterocycles. The summed E-state index contributed by atoms with van der Waals surface area (Å²) in [6.45, 7) is 2.96. The molecule has 0 spiro atoms. The number of aromatic nitrogens is 1. The van der Waals surface area contributed by atoms with Crippen molar-refractivity contribution in [3.63, 3.8) is 0 Å². The molecule has 1 heterocycles. The largest absolute Gasteiger partial charge is 0.368 e. The van der Waals surface area contributed by atoms with E-state index in [4.69, 9.17) is 0 Å². The lowest BCUT2D eigenvalue weighted by molar-refractivity contribution is 0.914. The van der Waals surface area contributed by atoms with Crippen molar-refractivity contribution >= 4 is 27.2 Å². The van der Waals surface area contributed by atoms with Crippen molar-refractivity contribution in [2.24, 2.45) is 0 Å². The Hall–Kier alpha value is -1.87. The molecule has 96 valence electrons. The highest BCUT2D eigenvalue weighted by Gasteiger charge is 2.07. The fourth-order valence-corrected chi connectivity index (χ4v) is 3.10. The Balaban J connectivity index is 1.82. The molecule has 19 heavy (non-hydrogen) atoms. The van der Waals surface area contributed by atoms with Crippen LogP contribution in [0.1, 0.15) is 10.6 Å². The fourth-order valence-electron chi connectivity index (χ4n) is 2.08. The zero-order valence-corrected chi connectivity index (χ0v) is 11.9. The number of hydrogen-bond donors (Lipinski definition) is 0. The van der Waals surface area contributed by atoms with Crippen molar-refractivity contribution in [1.82, 2.24) is 4.98 Å². The molecule has 0 amide bonds. The molecule has 0 aliphatic carbocycles. The second kappa shape index (κ2) is 5.02. The number of aryl methyl sites for hydroxylation is 1. The molecular formula is C16H16N2S. The topological polar surface area (TPSA) is 16.1 Å². The molecule has 0 atom stereocenters. The van der Waals surface area contributed by atoms with Gasteiger partial charge in [-0.3, -0.25) is 0 Å². The molecule has 2 aromatic carbocycles. The van der Waals surface area contributed by atoms with Crippen molar-refractivity contribution in [3.05, 3.63) is 59.1 Å². The number of rotatable bonds is 3. The third-order valence-electron chi connectivity index (χ3n) is 3.19.